The number of amides is 2. The average molecular weight is 294 g/mol. The molecule has 0 aliphatic heterocycles. The van der Waals surface area contributed by atoms with E-state index < -0.39 is 18.3 Å². The van der Waals surface area contributed by atoms with Crippen molar-refractivity contribution in [1.29, 1.82) is 0 Å². The third kappa shape index (κ3) is 12.9. The number of primary amides is 1. The monoisotopic (exact) mass is 294 g/mol. The molecular weight excluding hydrogens is 268 g/mol. The van der Waals surface area contributed by atoms with Gasteiger partial charge in [-0.2, -0.15) is 0 Å². The zero-order valence-electron chi connectivity index (χ0n) is 12.2. The van der Waals surface area contributed by atoms with Crippen molar-refractivity contribution >= 4 is 12.2 Å². The molecule has 120 valence electrons. The molecule has 0 saturated heterocycles. The van der Waals surface area contributed by atoms with Gasteiger partial charge in [0.05, 0.1) is 6.10 Å². The van der Waals surface area contributed by atoms with Gasteiger partial charge in [-0.05, 0) is 18.3 Å². The molecule has 2 amide bonds. The minimum absolute atomic E-state index is 0.0222. The first kappa shape index (κ1) is 20.8. The van der Waals surface area contributed by atoms with Gasteiger partial charge in [-0.1, -0.05) is 20.8 Å². The SMILES string of the molecule is CC(C)(C)C(O)CCN(CCCO)C(=O)O.NC(=O)O. The molecule has 0 spiro atoms. The van der Waals surface area contributed by atoms with Gasteiger partial charge in [-0.25, -0.2) is 9.59 Å². The zero-order chi connectivity index (χ0) is 16.3. The van der Waals surface area contributed by atoms with Crippen LogP contribution in [0.2, 0.25) is 0 Å². The molecule has 0 aromatic carbocycles. The molecule has 0 aliphatic rings. The Morgan fingerprint density at radius 2 is 1.65 bits per heavy atom. The molecule has 20 heavy (non-hydrogen) atoms. The van der Waals surface area contributed by atoms with Crippen molar-refractivity contribution in [3.63, 3.8) is 0 Å². The van der Waals surface area contributed by atoms with Crippen molar-refractivity contribution in [3.05, 3.63) is 0 Å². The average Bonchev–Trinajstić information content (AvgIpc) is 2.26. The van der Waals surface area contributed by atoms with E-state index in [0.717, 1.165) is 0 Å². The Kier molecular flexibility index (Phi) is 10.7. The number of hydrogen-bond acceptors (Lipinski definition) is 4. The number of hydrogen-bond donors (Lipinski definition) is 5. The number of carbonyl (C=O) groups is 2. The lowest BCUT2D eigenvalue weighted by molar-refractivity contribution is 0.0452. The van der Waals surface area contributed by atoms with E-state index in [1.165, 1.54) is 4.90 Å². The molecule has 0 fully saturated rings. The number of nitrogens with two attached hydrogens (primary N) is 1. The molecule has 0 aromatic heterocycles. The van der Waals surface area contributed by atoms with Gasteiger partial charge in [0.2, 0.25) is 0 Å². The van der Waals surface area contributed by atoms with Gasteiger partial charge in [0, 0.05) is 19.7 Å². The fourth-order valence-electron chi connectivity index (χ4n) is 1.28. The summed E-state index contributed by atoms with van der Waals surface area (Å²) in [5.74, 6) is 0. The molecule has 8 heteroatoms. The summed E-state index contributed by atoms with van der Waals surface area (Å²) in [6, 6.07) is 0. The van der Waals surface area contributed by atoms with Crippen molar-refractivity contribution in [2.24, 2.45) is 11.1 Å². The molecule has 0 aliphatic carbocycles. The van der Waals surface area contributed by atoms with Gasteiger partial charge in [-0.15, -0.1) is 0 Å². The van der Waals surface area contributed by atoms with Crippen molar-refractivity contribution in [2.45, 2.75) is 39.7 Å². The Labute approximate surface area is 118 Å². The summed E-state index contributed by atoms with van der Waals surface area (Å²) in [6.07, 6.45) is -2.02. The number of nitrogens with zero attached hydrogens (tertiary/aromatic N) is 1. The lowest BCUT2D eigenvalue weighted by atomic mass is 9.87. The van der Waals surface area contributed by atoms with E-state index in [4.69, 9.17) is 20.1 Å². The lowest BCUT2D eigenvalue weighted by Crippen LogP contribution is -2.36. The highest BCUT2D eigenvalue weighted by atomic mass is 16.4. The number of aliphatic hydroxyl groups excluding tert-OH is 2. The van der Waals surface area contributed by atoms with Crippen molar-refractivity contribution < 1.29 is 30.0 Å². The lowest BCUT2D eigenvalue weighted by Gasteiger charge is -2.28. The Balaban J connectivity index is 0. The van der Waals surface area contributed by atoms with Crippen LogP contribution in [0.25, 0.3) is 0 Å². The van der Waals surface area contributed by atoms with Crippen LogP contribution in [0.3, 0.4) is 0 Å². The van der Waals surface area contributed by atoms with Crippen LogP contribution < -0.4 is 5.73 Å². The summed E-state index contributed by atoms with van der Waals surface area (Å²) in [4.78, 5) is 20.8. The van der Waals surface area contributed by atoms with E-state index in [9.17, 15) is 9.90 Å². The summed E-state index contributed by atoms with van der Waals surface area (Å²) in [7, 11) is 0. The van der Waals surface area contributed by atoms with Crippen molar-refractivity contribution in [1.82, 2.24) is 4.90 Å². The van der Waals surface area contributed by atoms with Crippen LogP contribution >= 0.6 is 0 Å². The van der Waals surface area contributed by atoms with E-state index in [-0.39, 0.29) is 12.0 Å². The van der Waals surface area contributed by atoms with E-state index in [2.05, 4.69) is 5.73 Å². The summed E-state index contributed by atoms with van der Waals surface area (Å²) < 4.78 is 0. The van der Waals surface area contributed by atoms with Gasteiger partial charge in [0.15, 0.2) is 0 Å². The van der Waals surface area contributed by atoms with Gasteiger partial charge >= 0.3 is 12.2 Å². The summed E-state index contributed by atoms with van der Waals surface area (Å²) in [6.45, 7) is 6.32. The predicted molar refractivity (Wildman–Crippen MR) is 73.6 cm³/mol. The van der Waals surface area contributed by atoms with Gasteiger partial charge in [-0.3, -0.25) is 0 Å². The Bertz CT molecular complexity index is 286. The van der Waals surface area contributed by atoms with Crippen LogP contribution in [0, 0.1) is 5.41 Å². The third-order valence-electron chi connectivity index (χ3n) is 2.53. The fraction of sp³-hybridized carbons (Fsp3) is 0.833. The number of carboxylic acid groups (broad SMARTS) is 2. The van der Waals surface area contributed by atoms with Crippen LogP contribution in [0.1, 0.15) is 33.6 Å². The van der Waals surface area contributed by atoms with Crippen LogP contribution in [-0.2, 0) is 0 Å². The zero-order valence-corrected chi connectivity index (χ0v) is 12.2. The van der Waals surface area contributed by atoms with E-state index in [1.54, 1.807) is 0 Å². The highest BCUT2D eigenvalue weighted by molar-refractivity contribution is 5.64. The summed E-state index contributed by atoms with van der Waals surface area (Å²) in [5.41, 5.74) is 3.79. The van der Waals surface area contributed by atoms with E-state index in [1.807, 2.05) is 20.8 Å². The fourth-order valence-corrected chi connectivity index (χ4v) is 1.28. The van der Waals surface area contributed by atoms with Gasteiger partial charge < -0.3 is 31.1 Å². The molecular formula is C12H26N2O6. The topological polar surface area (TPSA) is 144 Å². The molecule has 0 rings (SSSR count). The largest absolute Gasteiger partial charge is 0.465 e. The van der Waals surface area contributed by atoms with Crippen LogP contribution in [0.15, 0.2) is 0 Å². The van der Waals surface area contributed by atoms with E-state index in [0.29, 0.717) is 25.9 Å². The maximum absolute atomic E-state index is 10.8. The normalized spacial score (nSPS) is 12.1. The Morgan fingerprint density at radius 1 is 1.20 bits per heavy atom. The highest BCUT2D eigenvalue weighted by Gasteiger charge is 2.23. The summed E-state index contributed by atoms with van der Waals surface area (Å²) >= 11 is 0. The highest BCUT2D eigenvalue weighted by Crippen LogP contribution is 2.21. The second-order valence-corrected chi connectivity index (χ2v) is 5.36. The molecule has 1 atom stereocenters. The Hall–Kier alpha value is -1.54. The molecule has 0 heterocycles. The minimum Gasteiger partial charge on any atom is -0.465 e. The van der Waals surface area contributed by atoms with Crippen LogP contribution in [0.5, 0.6) is 0 Å². The molecule has 6 N–H and O–H groups in total. The molecule has 0 saturated carbocycles. The van der Waals surface area contributed by atoms with Gasteiger partial charge in [0.25, 0.3) is 0 Å². The maximum atomic E-state index is 10.8. The van der Waals surface area contributed by atoms with E-state index >= 15 is 0 Å². The second kappa shape index (κ2) is 10.3. The van der Waals surface area contributed by atoms with Crippen molar-refractivity contribution in [2.75, 3.05) is 19.7 Å². The first-order valence-electron chi connectivity index (χ1n) is 6.27. The van der Waals surface area contributed by atoms with Crippen LogP contribution in [-0.4, -0.2) is 63.3 Å². The predicted octanol–water partition coefficient (Wildman–Crippen LogP) is 0.769. The maximum Gasteiger partial charge on any atom is 0.407 e. The summed E-state index contributed by atoms with van der Waals surface area (Å²) in [5, 5.41) is 34.5. The van der Waals surface area contributed by atoms with Crippen LogP contribution in [0.4, 0.5) is 9.59 Å². The quantitative estimate of drug-likeness (QED) is 0.489. The second-order valence-electron chi connectivity index (χ2n) is 5.36. The third-order valence-corrected chi connectivity index (χ3v) is 2.53. The molecule has 8 nitrogen and oxygen atoms in total. The first-order valence-corrected chi connectivity index (χ1v) is 6.27. The number of aliphatic hydroxyl groups is 2. The van der Waals surface area contributed by atoms with Crippen molar-refractivity contribution in [3.8, 4) is 0 Å². The molecule has 0 aromatic rings. The molecule has 1 unspecified atom stereocenters. The standard InChI is InChI=1S/C11H23NO4.CH3NO2/c1-11(2,3)9(14)5-7-12(10(15)16)6-4-8-13;2-1(3)4/h9,13-14H,4-8H2,1-3H3,(H,15,16);2H2,(H,3,4). The number of rotatable bonds is 6. The molecule has 0 radical (unpaired) electrons. The minimum atomic E-state index is -1.33. The Morgan fingerprint density at radius 3 is 1.95 bits per heavy atom. The van der Waals surface area contributed by atoms with Gasteiger partial charge in [0.1, 0.15) is 0 Å². The molecule has 0 bridgehead atoms. The smallest absolute Gasteiger partial charge is 0.407 e. The first-order chi connectivity index (χ1) is 9.02.